The van der Waals surface area contributed by atoms with Crippen molar-refractivity contribution in [3.8, 4) is 96.5 Å². The molecule has 0 N–H and O–H groups in total. The summed E-state index contributed by atoms with van der Waals surface area (Å²) in [5.74, 6) is 1.52. The molecule has 0 atom stereocenters. The quantitative estimate of drug-likeness (QED) is 0.151. The SMILES string of the molecule is Cc1cc(C)c(-c2ccc3c(c2)c2cc(-c4c(C)cc(C)cc4C)ccc2n3-c2c(-c3ccccc3C#N)cc(-c3nc(-c4ccccc4)nc(-c4ccccc4)n3)cc2-c2ccccc2C#N)c(C)c1. The fourth-order valence-corrected chi connectivity index (χ4v) is 10.8. The van der Waals surface area contributed by atoms with Crippen LogP contribution in [0.15, 0.2) is 182 Å². The second-order valence-corrected chi connectivity index (χ2v) is 18.6. The largest absolute Gasteiger partial charge is 0.308 e. The van der Waals surface area contributed by atoms with Crippen molar-refractivity contribution >= 4 is 21.8 Å². The van der Waals surface area contributed by atoms with Crippen LogP contribution in [0.4, 0.5) is 0 Å². The van der Waals surface area contributed by atoms with E-state index in [9.17, 15) is 10.5 Å². The monoisotopic (exact) mass is 912 g/mol. The van der Waals surface area contributed by atoms with Crippen molar-refractivity contribution in [3.63, 3.8) is 0 Å². The van der Waals surface area contributed by atoms with Crippen LogP contribution in [0, 0.1) is 64.2 Å². The van der Waals surface area contributed by atoms with E-state index in [1.54, 1.807) is 0 Å². The highest BCUT2D eigenvalue weighted by Crippen LogP contribution is 2.47. The first kappa shape index (κ1) is 44.3. The molecule has 0 aliphatic rings. The van der Waals surface area contributed by atoms with E-state index in [4.69, 9.17) is 15.0 Å². The third kappa shape index (κ3) is 7.92. The number of aryl methyl sites for hydroxylation is 6. The molecule has 338 valence electrons. The molecule has 0 radical (unpaired) electrons. The molecule has 2 heterocycles. The van der Waals surface area contributed by atoms with E-state index in [2.05, 4.69) is 131 Å². The normalized spacial score (nSPS) is 11.2. The maximum Gasteiger partial charge on any atom is 0.164 e. The Morgan fingerprint density at radius 2 is 0.718 bits per heavy atom. The number of rotatable bonds is 8. The molecule has 0 fully saturated rings. The first-order valence-electron chi connectivity index (χ1n) is 23.9. The molecule has 0 spiro atoms. The molecule has 0 aliphatic carbocycles. The van der Waals surface area contributed by atoms with Gasteiger partial charge in [-0.25, -0.2) is 15.0 Å². The Bertz CT molecular complexity index is 3720. The molecule has 0 amide bonds. The van der Waals surface area contributed by atoms with Gasteiger partial charge < -0.3 is 4.57 Å². The van der Waals surface area contributed by atoms with Crippen LogP contribution in [0.25, 0.3) is 106 Å². The van der Waals surface area contributed by atoms with Crippen LogP contribution in [0.2, 0.25) is 0 Å². The van der Waals surface area contributed by atoms with E-state index >= 15 is 0 Å². The number of nitrogens with zero attached hydrogens (tertiary/aromatic N) is 6. The highest BCUT2D eigenvalue weighted by Gasteiger charge is 2.26. The molecule has 11 aromatic rings. The summed E-state index contributed by atoms with van der Waals surface area (Å²) in [6.45, 7) is 13.1. The number of benzene rings is 9. The lowest BCUT2D eigenvalue weighted by Gasteiger charge is -2.22. The van der Waals surface area contributed by atoms with Crippen molar-refractivity contribution in [1.29, 1.82) is 10.5 Å². The Balaban J connectivity index is 1.30. The van der Waals surface area contributed by atoms with Gasteiger partial charge in [-0.15, -0.1) is 0 Å². The number of hydrogen-bond acceptors (Lipinski definition) is 5. The molecule has 0 aliphatic heterocycles. The summed E-state index contributed by atoms with van der Waals surface area (Å²) in [7, 11) is 0. The van der Waals surface area contributed by atoms with Gasteiger partial charge >= 0.3 is 0 Å². The maximum absolute atomic E-state index is 10.9. The van der Waals surface area contributed by atoms with E-state index in [1.165, 1.54) is 44.5 Å². The molecule has 0 saturated carbocycles. The Hall–Kier alpha value is -9.23. The van der Waals surface area contributed by atoms with E-state index < -0.39 is 0 Å². The summed E-state index contributed by atoms with van der Waals surface area (Å²) in [6, 6.07) is 67.3. The summed E-state index contributed by atoms with van der Waals surface area (Å²) in [5.41, 5.74) is 21.4. The third-order valence-corrected chi connectivity index (χ3v) is 13.7. The Labute approximate surface area is 414 Å². The predicted molar refractivity (Wildman–Crippen MR) is 290 cm³/mol. The zero-order valence-electron chi connectivity index (χ0n) is 40.5. The first-order valence-corrected chi connectivity index (χ1v) is 23.9. The van der Waals surface area contributed by atoms with Crippen LogP contribution in [0.1, 0.15) is 44.5 Å². The summed E-state index contributed by atoms with van der Waals surface area (Å²) in [6.07, 6.45) is 0. The molecule has 0 unspecified atom stereocenters. The van der Waals surface area contributed by atoms with Gasteiger partial charge in [0, 0.05) is 49.7 Å². The zero-order chi connectivity index (χ0) is 48.9. The number of hydrogen-bond donors (Lipinski definition) is 0. The lowest BCUT2D eigenvalue weighted by molar-refractivity contribution is 1.07. The molecule has 6 heteroatoms. The fraction of sp³-hybridized carbons (Fsp3) is 0.0923. The minimum atomic E-state index is 0.458. The van der Waals surface area contributed by atoms with Crippen molar-refractivity contribution in [1.82, 2.24) is 19.5 Å². The van der Waals surface area contributed by atoms with Crippen LogP contribution in [0.3, 0.4) is 0 Å². The summed E-state index contributed by atoms with van der Waals surface area (Å²) in [4.78, 5) is 15.4. The van der Waals surface area contributed by atoms with Crippen LogP contribution in [0.5, 0.6) is 0 Å². The lowest BCUT2D eigenvalue weighted by Crippen LogP contribution is -2.05. The van der Waals surface area contributed by atoms with Gasteiger partial charge in [0.1, 0.15) is 0 Å². The van der Waals surface area contributed by atoms with Crippen molar-refractivity contribution in [2.24, 2.45) is 0 Å². The number of nitriles is 2. The van der Waals surface area contributed by atoms with Gasteiger partial charge in [-0.3, -0.25) is 0 Å². The van der Waals surface area contributed by atoms with Gasteiger partial charge in [0.15, 0.2) is 17.5 Å². The highest BCUT2D eigenvalue weighted by atomic mass is 15.0. The van der Waals surface area contributed by atoms with Crippen molar-refractivity contribution in [2.75, 3.05) is 0 Å². The highest BCUT2D eigenvalue weighted by molar-refractivity contribution is 6.13. The fourth-order valence-electron chi connectivity index (χ4n) is 10.8. The summed E-state index contributed by atoms with van der Waals surface area (Å²) < 4.78 is 2.34. The second kappa shape index (κ2) is 18.0. The minimum Gasteiger partial charge on any atom is -0.308 e. The van der Waals surface area contributed by atoms with Crippen molar-refractivity contribution in [3.05, 3.63) is 226 Å². The zero-order valence-corrected chi connectivity index (χ0v) is 40.5. The van der Waals surface area contributed by atoms with Crippen LogP contribution >= 0.6 is 0 Å². The van der Waals surface area contributed by atoms with Gasteiger partial charge in [-0.1, -0.05) is 145 Å². The molecule has 71 heavy (non-hydrogen) atoms. The number of aromatic nitrogens is 4. The summed E-state index contributed by atoms with van der Waals surface area (Å²) >= 11 is 0. The molecule has 0 saturated heterocycles. The molecular weight excluding hydrogens is 865 g/mol. The average molecular weight is 913 g/mol. The first-order chi connectivity index (χ1) is 34.6. The van der Waals surface area contributed by atoms with Gasteiger partial charge in [0.2, 0.25) is 0 Å². The van der Waals surface area contributed by atoms with Crippen molar-refractivity contribution < 1.29 is 0 Å². The van der Waals surface area contributed by atoms with Crippen molar-refractivity contribution in [2.45, 2.75) is 41.5 Å². The molecular formula is C65H48N6. The maximum atomic E-state index is 10.9. The molecule has 2 aromatic heterocycles. The minimum absolute atomic E-state index is 0.458. The predicted octanol–water partition coefficient (Wildman–Crippen LogP) is 16.2. The van der Waals surface area contributed by atoms with Gasteiger partial charge in [0.05, 0.1) is 40.0 Å². The topological polar surface area (TPSA) is 91.2 Å². The molecule has 0 bridgehead atoms. The van der Waals surface area contributed by atoms with Crippen LogP contribution < -0.4 is 0 Å². The number of fused-ring (bicyclic) bond motifs is 3. The van der Waals surface area contributed by atoms with Crippen LogP contribution in [-0.4, -0.2) is 19.5 Å². The third-order valence-electron chi connectivity index (χ3n) is 13.7. The Morgan fingerprint density at radius 1 is 0.352 bits per heavy atom. The molecule has 9 aromatic carbocycles. The van der Waals surface area contributed by atoms with Gasteiger partial charge in [-0.2, -0.15) is 10.5 Å². The average Bonchev–Trinajstić information content (AvgIpc) is 3.70. The van der Waals surface area contributed by atoms with E-state index in [1.807, 2.05) is 109 Å². The standard InChI is InChI=1S/C65H48N6/c1-39-29-41(3)60(42(4)30-39)47-25-27-58-54(33-47)55-34-48(61-43(5)31-40(2)32-44(61)6)26-28-59(55)71(58)62-56(52-23-15-13-21-49(52)37-66)35-51(36-57(62)53-24-16-14-22-50(53)38-67)65-69-63(45-17-9-7-10-18-45)68-64(70-65)46-19-11-8-12-20-46/h7-36H,1-6H3. The van der Waals surface area contributed by atoms with Gasteiger partial charge in [0.25, 0.3) is 0 Å². The van der Waals surface area contributed by atoms with E-state index in [0.29, 0.717) is 34.2 Å². The molecule has 6 nitrogen and oxygen atoms in total. The van der Waals surface area contributed by atoms with Crippen LogP contribution in [-0.2, 0) is 0 Å². The smallest absolute Gasteiger partial charge is 0.164 e. The lowest BCUT2D eigenvalue weighted by atomic mass is 9.89. The summed E-state index contributed by atoms with van der Waals surface area (Å²) in [5, 5.41) is 24.0. The Morgan fingerprint density at radius 3 is 1.11 bits per heavy atom. The van der Waals surface area contributed by atoms with Gasteiger partial charge in [-0.05, 0) is 135 Å². The van der Waals surface area contributed by atoms with E-state index in [-0.39, 0.29) is 0 Å². The second-order valence-electron chi connectivity index (χ2n) is 18.6. The Kier molecular flexibility index (Phi) is 11.2. The van der Waals surface area contributed by atoms with E-state index in [0.717, 1.165) is 72.0 Å². The molecule has 11 rings (SSSR count).